The van der Waals surface area contributed by atoms with Crippen molar-refractivity contribution >= 4 is 22.4 Å². The topological polar surface area (TPSA) is 29.1 Å². The molecule has 3 aromatic rings. The second-order valence-corrected chi connectivity index (χ2v) is 7.74. The number of anilines is 1. The zero-order chi connectivity index (χ0) is 17.5. The summed E-state index contributed by atoms with van der Waals surface area (Å²) >= 11 is 0. The summed E-state index contributed by atoms with van der Waals surface area (Å²) < 4.78 is 0. The highest BCUT2D eigenvalue weighted by atomic mass is 16.2. The zero-order valence-corrected chi connectivity index (χ0v) is 14.8. The number of hydrogen-bond acceptors (Lipinski definition) is 1. The fourth-order valence-electron chi connectivity index (χ4n) is 5.35. The van der Waals surface area contributed by atoms with E-state index in [0.29, 0.717) is 17.8 Å². The van der Waals surface area contributed by atoms with Crippen molar-refractivity contribution in [3.63, 3.8) is 0 Å². The number of amides is 1. The predicted molar refractivity (Wildman–Crippen MR) is 106 cm³/mol. The summed E-state index contributed by atoms with van der Waals surface area (Å²) in [6, 6.07) is 25.1. The largest absolute Gasteiger partial charge is 0.325 e. The van der Waals surface area contributed by atoms with E-state index in [1.807, 2.05) is 24.3 Å². The minimum atomic E-state index is 0.160. The van der Waals surface area contributed by atoms with Crippen LogP contribution in [0.25, 0.3) is 10.8 Å². The molecule has 2 saturated carbocycles. The van der Waals surface area contributed by atoms with E-state index >= 15 is 0 Å². The first-order valence-corrected chi connectivity index (χ1v) is 9.66. The molecule has 1 N–H and O–H groups in total. The minimum absolute atomic E-state index is 0.160. The maximum absolute atomic E-state index is 13.1. The van der Waals surface area contributed by atoms with Gasteiger partial charge in [0.05, 0.1) is 0 Å². The first-order valence-electron chi connectivity index (χ1n) is 9.66. The third-order valence-corrected chi connectivity index (χ3v) is 6.45. The average Bonchev–Trinajstić information content (AvgIpc) is 2.69. The van der Waals surface area contributed by atoms with Gasteiger partial charge in [-0.15, -0.1) is 0 Å². The van der Waals surface area contributed by atoms with E-state index in [1.54, 1.807) is 0 Å². The molecular weight excluding hydrogens is 318 g/mol. The fraction of sp³-hybridized carbons (Fsp3) is 0.292. The first-order chi connectivity index (χ1) is 12.8. The molecule has 3 aromatic carbocycles. The van der Waals surface area contributed by atoms with E-state index in [1.165, 1.54) is 30.2 Å². The normalized spacial score (nSPS) is 26.9. The van der Waals surface area contributed by atoms with Crippen molar-refractivity contribution in [1.82, 2.24) is 0 Å². The molecular formula is C24H23NO. The van der Waals surface area contributed by atoms with Crippen molar-refractivity contribution in [2.24, 2.45) is 17.8 Å². The van der Waals surface area contributed by atoms with E-state index < -0.39 is 0 Å². The number of rotatable bonds is 3. The Kier molecular flexibility index (Phi) is 3.77. The molecule has 0 spiro atoms. The molecule has 2 heteroatoms. The SMILES string of the molecule is O=C(Nc1cccc2ccccc12)C1C2CCCC1C2c1ccccc1. The predicted octanol–water partition coefficient (Wildman–Crippen LogP) is 5.61. The summed E-state index contributed by atoms with van der Waals surface area (Å²) in [5, 5.41) is 5.53. The molecule has 2 fully saturated rings. The first kappa shape index (κ1) is 15.6. The van der Waals surface area contributed by atoms with Gasteiger partial charge in [0, 0.05) is 17.0 Å². The molecule has 0 radical (unpaired) electrons. The van der Waals surface area contributed by atoms with Crippen molar-refractivity contribution in [2.45, 2.75) is 25.2 Å². The Morgan fingerprint density at radius 2 is 1.50 bits per heavy atom. The number of fused-ring (bicyclic) bond motifs is 3. The summed E-state index contributed by atoms with van der Waals surface area (Å²) in [4.78, 5) is 13.1. The van der Waals surface area contributed by atoms with E-state index in [9.17, 15) is 4.79 Å². The third-order valence-electron chi connectivity index (χ3n) is 6.45. The Hall–Kier alpha value is -2.61. The Morgan fingerprint density at radius 3 is 2.31 bits per heavy atom. The van der Waals surface area contributed by atoms with Crippen LogP contribution in [0.1, 0.15) is 30.7 Å². The van der Waals surface area contributed by atoms with Gasteiger partial charge in [0.25, 0.3) is 0 Å². The van der Waals surface area contributed by atoms with E-state index in [-0.39, 0.29) is 11.8 Å². The Bertz CT molecular complexity index is 931. The molecule has 0 saturated heterocycles. The smallest absolute Gasteiger partial charge is 0.228 e. The number of hydrogen-bond donors (Lipinski definition) is 1. The Balaban J connectivity index is 1.40. The summed E-state index contributed by atoms with van der Waals surface area (Å²) in [6.45, 7) is 0. The molecule has 0 heterocycles. The highest BCUT2D eigenvalue weighted by Crippen LogP contribution is 2.60. The van der Waals surface area contributed by atoms with Gasteiger partial charge in [-0.1, -0.05) is 73.2 Å². The highest BCUT2D eigenvalue weighted by Gasteiger charge is 2.55. The highest BCUT2D eigenvalue weighted by molar-refractivity contribution is 6.03. The van der Waals surface area contributed by atoms with Gasteiger partial charge in [0.1, 0.15) is 0 Å². The second-order valence-electron chi connectivity index (χ2n) is 7.74. The number of carbonyl (C=O) groups excluding carboxylic acids is 1. The third kappa shape index (κ3) is 2.44. The molecule has 2 unspecified atom stereocenters. The summed E-state index contributed by atoms with van der Waals surface area (Å²) in [7, 11) is 0. The van der Waals surface area contributed by atoms with Crippen molar-refractivity contribution in [3.8, 4) is 0 Å². The van der Waals surface area contributed by atoms with Crippen LogP contribution < -0.4 is 5.32 Å². The van der Waals surface area contributed by atoms with Crippen LogP contribution in [0.3, 0.4) is 0 Å². The quantitative estimate of drug-likeness (QED) is 0.659. The van der Waals surface area contributed by atoms with Crippen LogP contribution >= 0.6 is 0 Å². The van der Waals surface area contributed by atoms with Crippen LogP contribution in [-0.2, 0) is 4.79 Å². The monoisotopic (exact) mass is 341 g/mol. The summed E-state index contributed by atoms with van der Waals surface area (Å²) in [5.74, 6) is 1.92. The molecule has 2 nitrogen and oxygen atoms in total. The standard InChI is InChI=1S/C24H23NO/c26-24(25-21-15-6-11-16-8-4-5-12-18(16)21)23-19-13-7-14-20(23)22(19)17-9-2-1-3-10-17/h1-6,8-12,15,19-20,22-23H,7,13-14H2,(H,25,26). The number of carbonyl (C=O) groups is 1. The minimum Gasteiger partial charge on any atom is -0.325 e. The van der Waals surface area contributed by atoms with Gasteiger partial charge in [0.15, 0.2) is 0 Å². The van der Waals surface area contributed by atoms with Crippen LogP contribution in [0.15, 0.2) is 72.8 Å². The van der Waals surface area contributed by atoms with Gasteiger partial charge in [0.2, 0.25) is 5.91 Å². The van der Waals surface area contributed by atoms with Crippen molar-refractivity contribution in [3.05, 3.63) is 78.4 Å². The molecule has 1 amide bonds. The summed E-state index contributed by atoms with van der Waals surface area (Å²) in [5.41, 5.74) is 2.35. The van der Waals surface area contributed by atoms with E-state index in [0.717, 1.165) is 11.1 Å². The van der Waals surface area contributed by atoms with Gasteiger partial charge >= 0.3 is 0 Å². The van der Waals surface area contributed by atoms with Crippen molar-refractivity contribution < 1.29 is 4.79 Å². The number of nitrogens with one attached hydrogen (secondary N) is 1. The lowest BCUT2D eigenvalue weighted by atomic mass is 9.48. The van der Waals surface area contributed by atoms with Gasteiger partial charge in [-0.05, 0) is 47.6 Å². The lowest BCUT2D eigenvalue weighted by Gasteiger charge is -2.55. The molecule has 26 heavy (non-hydrogen) atoms. The maximum Gasteiger partial charge on any atom is 0.228 e. The van der Waals surface area contributed by atoms with Crippen LogP contribution in [0.2, 0.25) is 0 Å². The molecule has 2 atom stereocenters. The van der Waals surface area contributed by atoms with Crippen molar-refractivity contribution in [2.75, 3.05) is 5.32 Å². The fourth-order valence-corrected chi connectivity index (χ4v) is 5.35. The number of benzene rings is 3. The second kappa shape index (κ2) is 6.28. The molecule has 0 aliphatic heterocycles. The van der Waals surface area contributed by atoms with Crippen LogP contribution in [0, 0.1) is 17.8 Å². The van der Waals surface area contributed by atoms with Crippen LogP contribution in [0.5, 0.6) is 0 Å². The van der Waals surface area contributed by atoms with Gasteiger partial charge < -0.3 is 5.32 Å². The maximum atomic E-state index is 13.1. The summed E-state index contributed by atoms with van der Waals surface area (Å²) in [6.07, 6.45) is 3.60. The molecule has 2 bridgehead atoms. The lowest BCUT2D eigenvalue weighted by molar-refractivity contribution is -0.135. The Labute approximate surface area is 154 Å². The molecule has 2 aliphatic carbocycles. The van der Waals surface area contributed by atoms with Gasteiger partial charge in [-0.3, -0.25) is 4.79 Å². The Morgan fingerprint density at radius 1 is 0.808 bits per heavy atom. The lowest BCUT2D eigenvalue weighted by Crippen LogP contribution is -2.53. The van der Waals surface area contributed by atoms with Gasteiger partial charge in [-0.25, -0.2) is 0 Å². The van der Waals surface area contributed by atoms with E-state index in [4.69, 9.17) is 0 Å². The van der Waals surface area contributed by atoms with Crippen LogP contribution in [0.4, 0.5) is 5.69 Å². The average molecular weight is 341 g/mol. The molecule has 5 rings (SSSR count). The molecule has 130 valence electrons. The zero-order valence-electron chi connectivity index (χ0n) is 14.8. The van der Waals surface area contributed by atoms with Gasteiger partial charge in [-0.2, -0.15) is 0 Å². The molecule has 2 aliphatic rings. The van der Waals surface area contributed by atoms with E-state index in [2.05, 4.69) is 53.8 Å². The van der Waals surface area contributed by atoms with Crippen molar-refractivity contribution in [1.29, 1.82) is 0 Å². The molecule has 0 aromatic heterocycles. The van der Waals surface area contributed by atoms with Crippen LogP contribution in [-0.4, -0.2) is 5.91 Å².